The summed E-state index contributed by atoms with van der Waals surface area (Å²) in [5.41, 5.74) is 9.44. The van der Waals surface area contributed by atoms with Crippen LogP contribution in [-0.4, -0.2) is 10.5 Å². The number of hydrogen-bond acceptors (Lipinski definition) is 3. The summed E-state index contributed by atoms with van der Waals surface area (Å²) in [7, 11) is 0. The van der Waals surface area contributed by atoms with Crippen LogP contribution in [0.25, 0.3) is 0 Å². The molecule has 1 aliphatic rings. The molecule has 0 saturated heterocycles. The maximum absolute atomic E-state index is 6.21. The van der Waals surface area contributed by atoms with Crippen molar-refractivity contribution in [3.63, 3.8) is 0 Å². The Hall–Kier alpha value is -0.410. The Balaban J connectivity index is 2.42. The highest BCUT2D eigenvalue weighted by Crippen LogP contribution is 2.56. The van der Waals surface area contributed by atoms with Crippen molar-refractivity contribution in [1.82, 2.24) is 4.98 Å². The summed E-state index contributed by atoms with van der Waals surface area (Å²) in [5, 5.41) is 0. The van der Waals surface area contributed by atoms with Crippen molar-refractivity contribution < 1.29 is 0 Å². The summed E-state index contributed by atoms with van der Waals surface area (Å²) in [6.45, 7) is 6.33. The molecular formula is C10H16N2S. The van der Waals surface area contributed by atoms with Crippen LogP contribution in [0, 0.1) is 6.92 Å². The van der Waals surface area contributed by atoms with Crippen molar-refractivity contribution in [3.05, 3.63) is 16.1 Å². The molecule has 2 rings (SSSR count). The molecule has 0 amide bonds. The Bertz CT molecular complexity index is 318. The van der Waals surface area contributed by atoms with Crippen LogP contribution >= 0.6 is 11.3 Å². The maximum Gasteiger partial charge on any atom is 0.0797 e. The van der Waals surface area contributed by atoms with E-state index >= 15 is 0 Å². The second-order valence-corrected chi connectivity index (χ2v) is 5.43. The molecule has 1 aliphatic carbocycles. The number of aromatic nitrogens is 1. The lowest BCUT2D eigenvalue weighted by Gasteiger charge is -2.30. The Kier molecular flexibility index (Phi) is 1.79. The lowest BCUT2D eigenvalue weighted by molar-refractivity contribution is 0.395. The first-order valence-electron chi connectivity index (χ1n) is 4.67. The first-order chi connectivity index (χ1) is 5.97. The van der Waals surface area contributed by atoms with Crippen molar-refractivity contribution in [2.75, 3.05) is 0 Å². The van der Waals surface area contributed by atoms with Crippen LogP contribution in [0.4, 0.5) is 0 Å². The summed E-state index contributed by atoms with van der Waals surface area (Å²) >= 11 is 1.75. The number of hydrogen-bond donors (Lipinski definition) is 1. The van der Waals surface area contributed by atoms with E-state index in [1.54, 1.807) is 11.3 Å². The smallest absolute Gasteiger partial charge is 0.0797 e. The van der Waals surface area contributed by atoms with Gasteiger partial charge < -0.3 is 5.73 Å². The molecule has 0 aliphatic heterocycles. The van der Waals surface area contributed by atoms with Crippen molar-refractivity contribution in [2.45, 2.75) is 44.6 Å². The molecular weight excluding hydrogens is 180 g/mol. The van der Waals surface area contributed by atoms with Crippen LogP contribution in [0.5, 0.6) is 0 Å². The van der Waals surface area contributed by atoms with E-state index in [4.69, 9.17) is 5.73 Å². The predicted octanol–water partition coefficient (Wildman–Crippen LogP) is 2.22. The van der Waals surface area contributed by atoms with Gasteiger partial charge in [-0.05, 0) is 33.6 Å². The van der Waals surface area contributed by atoms with Gasteiger partial charge in [-0.25, -0.2) is 4.98 Å². The van der Waals surface area contributed by atoms with Crippen molar-refractivity contribution in [3.8, 4) is 0 Å². The first-order valence-corrected chi connectivity index (χ1v) is 5.55. The topological polar surface area (TPSA) is 38.9 Å². The summed E-state index contributed by atoms with van der Waals surface area (Å²) in [5.74, 6) is 0. The van der Waals surface area contributed by atoms with E-state index in [-0.39, 0.29) is 11.0 Å². The third-order valence-corrected chi connectivity index (χ3v) is 4.30. The third-order valence-electron chi connectivity index (χ3n) is 3.16. The second-order valence-electron chi connectivity index (χ2n) is 4.57. The minimum atomic E-state index is -0.107. The second kappa shape index (κ2) is 2.55. The average molecular weight is 196 g/mol. The quantitative estimate of drug-likeness (QED) is 0.787. The number of nitrogens with two attached hydrogens (primary N) is 1. The average Bonchev–Trinajstić information content (AvgIpc) is 2.70. The van der Waals surface area contributed by atoms with Gasteiger partial charge in [0.15, 0.2) is 0 Å². The fourth-order valence-corrected chi connectivity index (χ4v) is 3.28. The Morgan fingerprint density at radius 1 is 1.54 bits per heavy atom. The fraction of sp³-hybridized carbons (Fsp3) is 0.700. The molecule has 1 fully saturated rings. The van der Waals surface area contributed by atoms with Crippen LogP contribution < -0.4 is 5.73 Å². The highest BCUT2D eigenvalue weighted by molar-refractivity contribution is 7.10. The molecule has 1 saturated carbocycles. The van der Waals surface area contributed by atoms with E-state index < -0.39 is 0 Å². The third kappa shape index (κ3) is 1.22. The zero-order chi connectivity index (χ0) is 9.69. The molecule has 1 heterocycles. The Morgan fingerprint density at radius 2 is 2.15 bits per heavy atom. The molecule has 1 aromatic rings. The summed E-state index contributed by atoms with van der Waals surface area (Å²) in [6.07, 6.45) is 2.44. The van der Waals surface area contributed by atoms with E-state index in [2.05, 4.69) is 25.8 Å². The van der Waals surface area contributed by atoms with Crippen LogP contribution in [-0.2, 0) is 5.41 Å². The van der Waals surface area contributed by atoms with Gasteiger partial charge in [0.05, 0.1) is 11.2 Å². The number of nitrogens with zero attached hydrogens (tertiary/aromatic N) is 1. The molecule has 2 N–H and O–H groups in total. The molecule has 0 atom stereocenters. The van der Waals surface area contributed by atoms with E-state index in [1.165, 1.54) is 23.4 Å². The van der Waals surface area contributed by atoms with Crippen molar-refractivity contribution in [2.24, 2.45) is 5.73 Å². The lowest BCUT2D eigenvalue weighted by Crippen LogP contribution is -2.45. The monoisotopic (exact) mass is 196 g/mol. The molecule has 0 bridgehead atoms. The van der Waals surface area contributed by atoms with Gasteiger partial charge in [0.1, 0.15) is 0 Å². The zero-order valence-electron chi connectivity index (χ0n) is 8.42. The van der Waals surface area contributed by atoms with E-state index in [1.807, 2.05) is 5.51 Å². The SMILES string of the molecule is Cc1ncsc1C1(C(C)(C)N)CC1. The van der Waals surface area contributed by atoms with Gasteiger partial charge in [-0.2, -0.15) is 0 Å². The van der Waals surface area contributed by atoms with E-state index in [0.717, 1.165) is 0 Å². The molecule has 3 heteroatoms. The maximum atomic E-state index is 6.21. The highest BCUT2D eigenvalue weighted by atomic mass is 32.1. The first kappa shape index (κ1) is 9.16. The number of thiazole rings is 1. The summed E-state index contributed by atoms with van der Waals surface area (Å²) in [6, 6.07) is 0. The minimum Gasteiger partial charge on any atom is -0.325 e. The lowest BCUT2D eigenvalue weighted by atomic mass is 9.83. The molecule has 0 unspecified atom stereocenters. The molecule has 0 radical (unpaired) electrons. The van der Waals surface area contributed by atoms with E-state index in [0.29, 0.717) is 0 Å². The van der Waals surface area contributed by atoms with Gasteiger partial charge in [0.2, 0.25) is 0 Å². The van der Waals surface area contributed by atoms with Gasteiger partial charge in [0.25, 0.3) is 0 Å². The van der Waals surface area contributed by atoms with Gasteiger partial charge >= 0.3 is 0 Å². The van der Waals surface area contributed by atoms with Crippen LogP contribution in [0.3, 0.4) is 0 Å². The van der Waals surface area contributed by atoms with Gasteiger partial charge in [-0.15, -0.1) is 11.3 Å². The van der Waals surface area contributed by atoms with Crippen molar-refractivity contribution in [1.29, 1.82) is 0 Å². The van der Waals surface area contributed by atoms with Crippen LogP contribution in [0.2, 0.25) is 0 Å². The molecule has 2 nitrogen and oxygen atoms in total. The molecule has 1 aromatic heterocycles. The Morgan fingerprint density at radius 3 is 2.46 bits per heavy atom. The van der Waals surface area contributed by atoms with Gasteiger partial charge in [-0.1, -0.05) is 0 Å². The normalized spacial score (nSPS) is 20.3. The highest BCUT2D eigenvalue weighted by Gasteiger charge is 2.55. The van der Waals surface area contributed by atoms with Gasteiger partial charge in [-0.3, -0.25) is 0 Å². The number of aryl methyl sites for hydroxylation is 1. The standard InChI is InChI=1S/C10H16N2S/c1-7-8(13-6-12-7)10(4-5-10)9(2,3)11/h6H,4-5,11H2,1-3H3. The zero-order valence-corrected chi connectivity index (χ0v) is 9.24. The molecule has 0 spiro atoms. The van der Waals surface area contributed by atoms with Crippen LogP contribution in [0.15, 0.2) is 5.51 Å². The fourth-order valence-electron chi connectivity index (χ4n) is 2.05. The Labute approximate surface area is 83.2 Å². The van der Waals surface area contributed by atoms with E-state index in [9.17, 15) is 0 Å². The minimum absolute atomic E-state index is 0.107. The predicted molar refractivity (Wildman–Crippen MR) is 56.0 cm³/mol. The van der Waals surface area contributed by atoms with Crippen molar-refractivity contribution >= 4 is 11.3 Å². The summed E-state index contributed by atoms with van der Waals surface area (Å²) in [4.78, 5) is 5.70. The molecule has 0 aromatic carbocycles. The van der Waals surface area contributed by atoms with Gasteiger partial charge in [0, 0.05) is 15.8 Å². The molecule has 13 heavy (non-hydrogen) atoms. The largest absolute Gasteiger partial charge is 0.325 e. The van der Waals surface area contributed by atoms with Crippen LogP contribution in [0.1, 0.15) is 37.3 Å². The number of rotatable bonds is 2. The summed E-state index contributed by atoms with van der Waals surface area (Å²) < 4.78 is 0. The molecule has 72 valence electrons.